The maximum Gasteiger partial charge on any atom is 0.144 e. The Bertz CT molecular complexity index is 521. The number of fused-ring (bicyclic) bond motifs is 1. The Kier molecular flexibility index (Phi) is 2.45. The Morgan fingerprint density at radius 1 is 1.20 bits per heavy atom. The van der Waals surface area contributed by atoms with Gasteiger partial charge in [-0.1, -0.05) is 35.9 Å². The van der Waals surface area contributed by atoms with Crippen LogP contribution in [0, 0.1) is 6.92 Å². The second kappa shape index (κ2) is 3.63. The predicted molar refractivity (Wildman–Crippen MR) is 61.9 cm³/mol. The smallest absolute Gasteiger partial charge is 0.144 e. The molecule has 2 nitrogen and oxygen atoms in total. The zero-order valence-electron chi connectivity index (χ0n) is 8.54. The molecule has 0 unspecified atom stereocenters. The second-order valence-electron chi connectivity index (χ2n) is 3.37. The van der Waals surface area contributed by atoms with Gasteiger partial charge >= 0.3 is 0 Å². The Labute approximate surface area is 93.1 Å². The van der Waals surface area contributed by atoms with Crippen LogP contribution in [-0.4, -0.2) is 12.2 Å². The fourth-order valence-corrected chi connectivity index (χ4v) is 2.10. The third-order valence-electron chi connectivity index (χ3n) is 2.52. The normalized spacial score (nSPS) is 10.6. The molecule has 0 heterocycles. The van der Waals surface area contributed by atoms with Gasteiger partial charge in [0.25, 0.3) is 0 Å². The molecule has 2 aromatic carbocycles. The van der Waals surface area contributed by atoms with E-state index in [2.05, 4.69) is 0 Å². The zero-order chi connectivity index (χ0) is 11.0. The fraction of sp³-hybridized carbons (Fsp3) is 0.167. The van der Waals surface area contributed by atoms with Gasteiger partial charge in [0.15, 0.2) is 0 Å². The summed E-state index contributed by atoms with van der Waals surface area (Å²) in [6.45, 7) is 1.78. The van der Waals surface area contributed by atoms with Gasteiger partial charge in [-0.2, -0.15) is 0 Å². The molecule has 0 atom stereocenters. The quantitative estimate of drug-likeness (QED) is 0.800. The van der Waals surface area contributed by atoms with E-state index in [1.807, 2.05) is 24.3 Å². The maximum absolute atomic E-state index is 9.96. The molecule has 15 heavy (non-hydrogen) atoms. The molecule has 3 heteroatoms. The average molecular weight is 223 g/mol. The predicted octanol–water partition coefficient (Wildman–Crippen LogP) is 3.52. The lowest BCUT2D eigenvalue weighted by Gasteiger charge is -2.12. The van der Waals surface area contributed by atoms with Crippen LogP contribution in [0.25, 0.3) is 10.8 Å². The number of phenolic OH excluding ortho intramolecular Hbond substituents is 1. The first kappa shape index (κ1) is 10.1. The molecule has 0 aliphatic carbocycles. The number of ether oxygens (including phenoxy) is 1. The first-order chi connectivity index (χ1) is 7.16. The van der Waals surface area contributed by atoms with E-state index in [9.17, 15) is 5.11 Å². The maximum atomic E-state index is 9.96. The molecule has 0 spiro atoms. The van der Waals surface area contributed by atoms with E-state index in [4.69, 9.17) is 16.3 Å². The van der Waals surface area contributed by atoms with Crippen molar-refractivity contribution in [1.82, 2.24) is 0 Å². The molecule has 0 aliphatic rings. The van der Waals surface area contributed by atoms with E-state index < -0.39 is 0 Å². The Morgan fingerprint density at radius 2 is 1.80 bits per heavy atom. The molecule has 0 bridgehead atoms. The lowest BCUT2D eigenvalue weighted by atomic mass is 10.0. The van der Waals surface area contributed by atoms with Gasteiger partial charge in [0.1, 0.15) is 11.5 Å². The minimum atomic E-state index is 0.229. The van der Waals surface area contributed by atoms with Crippen molar-refractivity contribution in [3.8, 4) is 11.5 Å². The molecule has 2 aromatic rings. The van der Waals surface area contributed by atoms with Crippen LogP contribution in [0.5, 0.6) is 11.5 Å². The molecule has 0 saturated carbocycles. The Morgan fingerprint density at radius 3 is 2.40 bits per heavy atom. The van der Waals surface area contributed by atoms with E-state index >= 15 is 0 Å². The van der Waals surface area contributed by atoms with Gasteiger partial charge in [0.05, 0.1) is 12.1 Å². The number of aromatic hydroxyl groups is 1. The summed E-state index contributed by atoms with van der Waals surface area (Å²) in [7, 11) is 1.54. The third kappa shape index (κ3) is 1.41. The van der Waals surface area contributed by atoms with Crippen LogP contribution in [0.1, 0.15) is 5.56 Å². The summed E-state index contributed by atoms with van der Waals surface area (Å²) in [5.74, 6) is 0.764. The summed E-state index contributed by atoms with van der Waals surface area (Å²) < 4.78 is 5.17. The lowest BCUT2D eigenvalue weighted by molar-refractivity contribution is 0.405. The van der Waals surface area contributed by atoms with Crippen molar-refractivity contribution in [2.24, 2.45) is 0 Å². The topological polar surface area (TPSA) is 29.5 Å². The van der Waals surface area contributed by atoms with E-state index in [1.54, 1.807) is 14.0 Å². The highest BCUT2D eigenvalue weighted by atomic mass is 35.5. The molecular formula is C12H11ClO2. The van der Waals surface area contributed by atoms with Crippen molar-refractivity contribution in [3.63, 3.8) is 0 Å². The summed E-state index contributed by atoms with van der Waals surface area (Å²) in [5.41, 5.74) is 0.668. The molecule has 0 radical (unpaired) electrons. The SMILES string of the molecule is COc1c(C)c(O)c2ccccc2c1Cl. The lowest BCUT2D eigenvalue weighted by Crippen LogP contribution is -1.90. The standard InChI is InChI=1S/C12H11ClO2/c1-7-11(14)9-6-4-3-5-8(9)10(13)12(7)15-2/h3-6,14H,1-2H3. The highest BCUT2D eigenvalue weighted by Gasteiger charge is 2.14. The molecule has 0 amide bonds. The van der Waals surface area contributed by atoms with Crippen LogP contribution in [0.2, 0.25) is 5.02 Å². The average Bonchev–Trinajstić information content (AvgIpc) is 2.27. The van der Waals surface area contributed by atoms with Crippen LogP contribution >= 0.6 is 11.6 Å². The summed E-state index contributed by atoms with van der Waals surface area (Å²) in [5, 5.41) is 12.1. The highest BCUT2D eigenvalue weighted by Crippen LogP contribution is 2.42. The largest absolute Gasteiger partial charge is 0.507 e. The third-order valence-corrected chi connectivity index (χ3v) is 2.89. The fourth-order valence-electron chi connectivity index (χ4n) is 1.72. The van der Waals surface area contributed by atoms with Crippen molar-refractivity contribution >= 4 is 22.4 Å². The molecule has 1 N–H and O–H groups in total. The zero-order valence-corrected chi connectivity index (χ0v) is 9.30. The number of benzene rings is 2. The summed E-state index contributed by atoms with van der Waals surface area (Å²) in [6, 6.07) is 7.44. The minimum Gasteiger partial charge on any atom is -0.507 e. The van der Waals surface area contributed by atoms with Gasteiger partial charge in [-0.15, -0.1) is 0 Å². The van der Waals surface area contributed by atoms with Crippen LogP contribution in [0.4, 0.5) is 0 Å². The molecule has 0 saturated heterocycles. The van der Waals surface area contributed by atoms with Gasteiger partial charge in [-0.05, 0) is 6.92 Å². The van der Waals surface area contributed by atoms with Crippen molar-refractivity contribution < 1.29 is 9.84 Å². The highest BCUT2D eigenvalue weighted by molar-refractivity contribution is 6.37. The number of halogens is 1. The van der Waals surface area contributed by atoms with Crippen LogP contribution in [-0.2, 0) is 0 Å². The summed E-state index contributed by atoms with van der Waals surface area (Å²) >= 11 is 6.18. The van der Waals surface area contributed by atoms with E-state index in [0.29, 0.717) is 16.3 Å². The minimum absolute atomic E-state index is 0.229. The second-order valence-corrected chi connectivity index (χ2v) is 3.74. The molecule has 2 rings (SSSR count). The van der Waals surface area contributed by atoms with Gasteiger partial charge in [-0.3, -0.25) is 0 Å². The molecular weight excluding hydrogens is 212 g/mol. The molecule has 0 aliphatic heterocycles. The first-order valence-corrected chi connectivity index (χ1v) is 4.98. The van der Waals surface area contributed by atoms with Crippen molar-refractivity contribution in [3.05, 3.63) is 34.9 Å². The van der Waals surface area contributed by atoms with Crippen molar-refractivity contribution in [2.45, 2.75) is 6.92 Å². The number of hydrogen-bond acceptors (Lipinski definition) is 2. The van der Waals surface area contributed by atoms with E-state index in [-0.39, 0.29) is 5.75 Å². The summed E-state index contributed by atoms with van der Waals surface area (Å²) in [6.07, 6.45) is 0. The monoisotopic (exact) mass is 222 g/mol. The van der Waals surface area contributed by atoms with Crippen molar-refractivity contribution in [2.75, 3.05) is 7.11 Å². The van der Waals surface area contributed by atoms with E-state index in [0.717, 1.165) is 10.8 Å². The Hall–Kier alpha value is -1.41. The number of phenols is 1. The first-order valence-electron chi connectivity index (χ1n) is 4.60. The number of hydrogen-bond donors (Lipinski definition) is 1. The van der Waals surface area contributed by atoms with Crippen LogP contribution in [0.15, 0.2) is 24.3 Å². The number of methoxy groups -OCH3 is 1. The molecule has 0 aromatic heterocycles. The molecule has 78 valence electrons. The summed E-state index contributed by atoms with van der Waals surface area (Å²) in [4.78, 5) is 0. The van der Waals surface area contributed by atoms with Gasteiger partial charge in [0.2, 0.25) is 0 Å². The van der Waals surface area contributed by atoms with Crippen LogP contribution in [0.3, 0.4) is 0 Å². The van der Waals surface area contributed by atoms with Gasteiger partial charge in [0, 0.05) is 16.3 Å². The van der Waals surface area contributed by atoms with Crippen LogP contribution < -0.4 is 4.74 Å². The van der Waals surface area contributed by atoms with E-state index in [1.165, 1.54) is 0 Å². The van der Waals surface area contributed by atoms with Gasteiger partial charge < -0.3 is 9.84 Å². The Balaban J connectivity index is 2.96. The molecule has 0 fully saturated rings. The number of rotatable bonds is 1. The van der Waals surface area contributed by atoms with Crippen molar-refractivity contribution in [1.29, 1.82) is 0 Å². The van der Waals surface area contributed by atoms with Gasteiger partial charge in [-0.25, -0.2) is 0 Å².